The fraction of sp³-hybridized carbons (Fsp3) is 0.500. The maximum Gasteiger partial charge on any atom is 0.311 e. The van der Waals surface area contributed by atoms with Gasteiger partial charge in [-0.15, -0.1) is 0 Å². The summed E-state index contributed by atoms with van der Waals surface area (Å²) in [6.07, 6.45) is 2.51. The first kappa shape index (κ1) is 14.4. The van der Waals surface area contributed by atoms with E-state index < -0.39 is 11.4 Å². The first-order valence-electron chi connectivity index (χ1n) is 7.23. The van der Waals surface area contributed by atoms with E-state index in [1.54, 1.807) is 17.0 Å². The molecule has 4 nitrogen and oxygen atoms in total. The van der Waals surface area contributed by atoms with Crippen LogP contribution < -0.4 is 0 Å². The van der Waals surface area contributed by atoms with Crippen molar-refractivity contribution in [1.29, 1.82) is 0 Å². The summed E-state index contributed by atoms with van der Waals surface area (Å²) < 4.78 is 0. The molecule has 1 heterocycles. The van der Waals surface area contributed by atoms with Crippen LogP contribution in [0.1, 0.15) is 35.2 Å². The van der Waals surface area contributed by atoms with Crippen LogP contribution >= 0.6 is 11.6 Å². The molecule has 1 aliphatic heterocycles. The first-order chi connectivity index (χ1) is 9.94. The van der Waals surface area contributed by atoms with E-state index in [9.17, 15) is 14.7 Å². The average molecular weight is 308 g/mol. The van der Waals surface area contributed by atoms with E-state index in [0.29, 0.717) is 30.1 Å². The van der Waals surface area contributed by atoms with Crippen molar-refractivity contribution in [2.24, 2.45) is 11.3 Å². The highest BCUT2D eigenvalue weighted by Crippen LogP contribution is 2.49. The summed E-state index contributed by atoms with van der Waals surface area (Å²) in [4.78, 5) is 26.1. The van der Waals surface area contributed by atoms with Gasteiger partial charge < -0.3 is 10.0 Å². The molecule has 1 saturated carbocycles. The average Bonchev–Trinajstić information content (AvgIpc) is 2.98. The van der Waals surface area contributed by atoms with Gasteiger partial charge in [-0.25, -0.2) is 0 Å². The van der Waals surface area contributed by atoms with Crippen molar-refractivity contribution < 1.29 is 14.7 Å². The zero-order valence-corrected chi connectivity index (χ0v) is 12.7. The number of benzene rings is 1. The molecule has 1 saturated heterocycles. The highest BCUT2D eigenvalue weighted by molar-refractivity contribution is 6.31. The molecule has 2 atom stereocenters. The van der Waals surface area contributed by atoms with Gasteiger partial charge in [-0.05, 0) is 43.4 Å². The van der Waals surface area contributed by atoms with Crippen LogP contribution in [0.15, 0.2) is 18.2 Å². The Kier molecular flexibility index (Phi) is 3.44. The van der Waals surface area contributed by atoms with E-state index >= 15 is 0 Å². The molecule has 0 radical (unpaired) electrons. The van der Waals surface area contributed by atoms with Crippen molar-refractivity contribution in [2.45, 2.75) is 26.2 Å². The minimum atomic E-state index is -0.761. The van der Waals surface area contributed by atoms with E-state index in [0.717, 1.165) is 18.4 Å². The van der Waals surface area contributed by atoms with Gasteiger partial charge in [-0.3, -0.25) is 9.59 Å². The van der Waals surface area contributed by atoms with Crippen molar-refractivity contribution in [3.63, 3.8) is 0 Å². The second kappa shape index (κ2) is 5.02. The number of likely N-dealkylation sites (tertiary alicyclic amines) is 1. The molecule has 112 valence electrons. The zero-order valence-electron chi connectivity index (χ0n) is 11.9. The molecule has 1 aromatic rings. The summed E-state index contributed by atoms with van der Waals surface area (Å²) in [6, 6.07) is 5.24. The SMILES string of the molecule is Cc1ccc(Cl)cc1C(=O)N1C[C@@H]2CCC[C@@]2(C(=O)O)C1. The van der Waals surface area contributed by atoms with Crippen LogP contribution in [0, 0.1) is 18.3 Å². The van der Waals surface area contributed by atoms with Crippen molar-refractivity contribution in [3.8, 4) is 0 Å². The zero-order chi connectivity index (χ0) is 15.2. The van der Waals surface area contributed by atoms with E-state index in [-0.39, 0.29) is 11.8 Å². The predicted octanol–water partition coefficient (Wildman–Crippen LogP) is 2.98. The highest BCUT2D eigenvalue weighted by Gasteiger charge is 2.55. The first-order valence-corrected chi connectivity index (χ1v) is 7.61. The molecular formula is C16H18ClNO3. The maximum atomic E-state index is 12.7. The van der Waals surface area contributed by atoms with Crippen LogP contribution in [-0.4, -0.2) is 35.0 Å². The van der Waals surface area contributed by atoms with Gasteiger partial charge in [0.2, 0.25) is 0 Å². The molecule has 1 aromatic carbocycles. The lowest BCUT2D eigenvalue weighted by Crippen LogP contribution is -2.37. The number of carbonyl (C=O) groups excluding carboxylic acids is 1. The monoisotopic (exact) mass is 307 g/mol. The Balaban J connectivity index is 1.88. The van der Waals surface area contributed by atoms with Crippen molar-refractivity contribution in [3.05, 3.63) is 34.3 Å². The Labute approximate surface area is 128 Å². The smallest absolute Gasteiger partial charge is 0.311 e. The van der Waals surface area contributed by atoms with Crippen LogP contribution in [0.5, 0.6) is 0 Å². The van der Waals surface area contributed by atoms with Gasteiger partial charge in [-0.2, -0.15) is 0 Å². The van der Waals surface area contributed by atoms with Gasteiger partial charge in [0.15, 0.2) is 0 Å². The molecule has 1 aliphatic carbocycles. The Morgan fingerprint density at radius 3 is 2.86 bits per heavy atom. The van der Waals surface area contributed by atoms with Gasteiger partial charge in [-0.1, -0.05) is 24.1 Å². The van der Waals surface area contributed by atoms with Crippen LogP contribution in [0.4, 0.5) is 0 Å². The van der Waals surface area contributed by atoms with Gasteiger partial charge in [0.1, 0.15) is 0 Å². The largest absolute Gasteiger partial charge is 0.481 e. The van der Waals surface area contributed by atoms with Crippen LogP contribution in [-0.2, 0) is 4.79 Å². The molecular weight excluding hydrogens is 290 g/mol. The highest BCUT2D eigenvalue weighted by atomic mass is 35.5. The van der Waals surface area contributed by atoms with Crippen LogP contribution in [0.3, 0.4) is 0 Å². The molecule has 2 fully saturated rings. The molecule has 0 aromatic heterocycles. The molecule has 21 heavy (non-hydrogen) atoms. The third-order valence-corrected chi connectivity index (χ3v) is 5.25. The number of carboxylic acids is 1. The fourth-order valence-electron chi connectivity index (χ4n) is 3.79. The van der Waals surface area contributed by atoms with Crippen molar-refractivity contribution >= 4 is 23.5 Å². The summed E-state index contributed by atoms with van der Waals surface area (Å²) >= 11 is 5.98. The van der Waals surface area contributed by atoms with Gasteiger partial charge in [0.05, 0.1) is 5.41 Å². The molecule has 0 spiro atoms. The maximum absolute atomic E-state index is 12.7. The van der Waals surface area contributed by atoms with Crippen molar-refractivity contribution in [2.75, 3.05) is 13.1 Å². The second-order valence-electron chi connectivity index (χ2n) is 6.20. The lowest BCUT2D eigenvalue weighted by atomic mass is 9.81. The number of carbonyl (C=O) groups is 2. The molecule has 5 heteroatoms. The summed E-state index contributed by atoms with van der Waals surface area (Å²) in [5, 5.41) is 10.1. The molecule has 0 bridgehead atoms. The number of fused-ring (bicyclic) bond motifs is 1. The third kappa shape index (κ3) is 2.22. The number of rotatable bonds is 2. The number of nitrogens with zero attached hydrogens (tertiary/aromatic N) is 1. The fourth-order valence-corrected chi connectivity index (χ4v) is 3.96. The normalized spacial score (nSPS) is 27.7. The van der Waals surface area contributed by atoms with E-state index in [1.165, 1.54) is 0 Å². The summed E-state index contributed by atoms with van der Waals surface area (Å²) in [7, 11) is 0. The van der Waals surface area contributed by atoms with Crippen LogP contribution in [0.2, 0.25) is 5.02 Å². The summed E-state index contributed by atoms with van der Waals surface area (Å²) in [5.74, 6) is -0.786. The van der Waals surface area contributed by atoms with E-state index in [4.69, 9.17) is 11.6 Å². The quantitative estimate of drug-likeness (QED) is 0.914. The van der Waals surface area contributed by atoms with Crippen LogP contribution in [0.25, 0.3) is 0 Å². The Morgan fingerprint density at radius 2 is 2.19 bits per heavy atom. The number of amides is 1. The van der Waals surface area contributed by atoms with Crippen molar-refractivity contribution in [1.82, 2.24) is 4.90 Å². The predicted molar refractivity (Wildman–Crippen MR) is 79.5 cm³/mol. The lowest BCUT2D eigenvalue weighted by molar-refractivity contribution is -0.149. The minimum Gasteiger partial charge on any atom is -0.481 e. The number of aryl methyl sites for hydroxylation is 1. The standard InChI is InChI=1S/C16H18ClNO3/c1-10-4-5-12(17)7-13(10)14(19)18-8-11-3-2-6-16(11,9-18)15(20)21/h4-5,7,11H,2-3,6,8-9H2,1H3,(H,20,21)/t11-,16+/m0/s1. The van der Waals surface area contributed by atoms with Gasteiger partial charge in [0, 0.05) is 23.7 Å². The number of hydrogen-bond acceptors (Lipinski definition) is 2. The number of carboxylic acid groups (broad SMARTS) is 1. The number of hydrogen-bond donors (Lipinski definition) is 1. The number of aliphatic carboxylic acids is 1. The molecule has 3 rings (SSSR count). The second-order valence-corrected chi connectivity index (χ2v) is 6.63. The summed E-state index contributed by atoms with van der Waals surface area (Å²) in [5.41, 5.74) is 0.705. The Hall–Kier alpha value is -1.55. The molecule has 1 amide bonds. The number of halogens is 1. The van der Waals surface area contributed by atoms with Gasteiger partial charge in [0.25, 0.3) is 5.91 Å². The molecule has 2 aliphatic rings. The lowest BCUT2D eigenvalue weighted by Gasteiger charge is -2.23. The Bertz CT molecular complexity index is 616. The van der Waals surface area contributed by atoms with E-state index in [1.807, 2.05) is 13.0 Å². The minimum absolute atomic E-state index is 0.0819. The van der Waals surface area contributed by atoms with E-state index in [2.05, 4.69) is 0 Å². The third-order valence-electron chi connectivity index (χ3n) is 5.01. The van der Waals surface area contributed by atoms with Gasteiger partial charge >= 0.3 is 5.97 Å². The topological polar surface area (TPSA) is 57.6 Å². The molecule has 0 unspecified atom stereocenters. The molecule has 1 N–H and O–H groups in total. The summed E-state index contributed by atoms with van der Waals surface area (Å²) in [6.45, 7) is 2.72. The Morgan fingerprint density at radius 1 is 1.43 bits per heavy atom.